The molecule has 1 aliphatic heterocycles. The van der Waals surface area contributed by atoms with Crippen molar-refractivity contribution in [1.29, 1.82) is 0 Å². The molecule has 7 nitrogen and oxygen atoms in total. The number of aromatic nitrogens is 3. The minimum absolute atomic E-state index is 0.151. The SMILES string of the molecule is O=S(=O)(NC1CCCC1)C1CN(Cc2cn3cccnc3n2)C1. The lowest BCUT2D eigenvalue weighted by Crippen LogP contribution is -2.57. The molecule has 2 aliphatic rings. The molecule has 2 fully saturated rings. The van der Waals surface area contributed by atoms with Gasteiger partial charge in [-0.05, 0) is 18.9 Å². The molecule has 3 heterocycles. The van der Waals surface area contributed by atoms with E-state index >= 15 is 0 Å². The minimum Gasteiger partial charge on any atom is -0.295 e. The lowest BCUT2D eigenvalue weighted by Gasteiger charge is -2.38. The van der Waals surface area contributed by atoms with Crippen LogP contribution in [0, 0.1) is 0 Å². The van der Waals surface area contributed by atoms with Gasteiger partial charge in [-0.15, -0.1) is 0 Å². The molecule has 1 aliphatic carbocycles. The van der Waals surface area contributed by atoms with Crippen LogP contribution in [0.25, 0.3) is 5.78 Å². The third-order valence-corrected chi connectivity index (χ3v) is 6.56. The Morgan fingerprint density at radius 1 is 1.26 bits per heavy atom. The van der Waals surface area contributed by atoms with E-state index < -0.39 is 10.0 Å². The molecule has 0 radical (unpaired) electrons. The zero-order chi connectivity index (χ0) is 15.9. The van der Waals surface area contributed by atoms with E-state index in [-0.39, 0.29) is 11.3 Å². The number of nitrogens with zero attached hydrogens (tertiary/aromatic N) is 4. The Morgan fingerprint density at radius 3 is 2.78 bits per heavy atom. The van der Waals surface area contributed by atoms with Crippen molar-refractivity contribution in [3.05, 3.63) is 30.4 Å². The average Bonchev–Trinajstić information content (AvgIpc) is 3.10. The van der Waals surface area contributed by atoms with Crippen LogP contribution in [0.4, 0.5) is 0 Å². The number of likely N-dealkylation sites (tertiary alicyclic amines) is 1. The maximum atomic E-state index is 12.3. The molecule has 0 aromatic carbocycles. The molecular weight excluding hydrogens is 314 g/mol. The molecule has 23 heavy (non-hydrogen) atoms. The molecule has 0 spiro atoms. The first-order chi connectivity index (χ1) is 11.1. The Morgan fingerprint density at radius 2 is 2.04 bits per heavy atom. The van der Waals surface area contributed by atoms with E-state index in [2.05, 4.69) is 19.6 Å². The molecular formula is C15H21N5O2S. The van der Waals surface area contributed by atoms with Gasteiger partial charge in [0.1, 0.15) is 5.25 Å². The Hall–Kier alpha value is -1.51. The molecule has 1 N–H and O–H groups in total. The van der Waals surface area contributed by atoms with E-state index in [1.165, 1.54) is 0 Å². The molecule has 1 saturated heterocycles. The summed E-state index contributed by atoms with van der Waals surface area (Å²) in [6.07, 6.45) is 9.79. The van der Waals surface area contributed by atoms with Crippen LogP contribution in [0.3, 0.4) is 0 Å². The molecule has 1 saturated carbocycles. The zero-order valence-corrected chi connectivity index (χ0v) is 13.7. The second kappa shape index (κ2) is 5.85. The number of sulfonamides is 1. The quantitative estimate of drug-likeness (QED) is 0.873. The summed E-state index contributed by atoms with van der Waals surface area (Å²) in [5.74, 6) is 0.676. The maximum Gasteiger partial charge on any atom is 0.233 e. The largest absolute Gasteiger partial charge is 0.295 e. The topological polar surface area (TPSA) is 79.6 Å². The number of hydrogen-bond acceptors (Lipinski definition) is 5. The van der Waals surface area contributed by atoms with Gasteiger partial charge in [0.2, 0.25) is 15.8 Å². The third-order valence-electron chi connectivity index (χ3n) is 4.72. The van der Waals surface area contributed by atoms with Gasteiger partial charge in [-0.3, -0.25) is 9.30 Å². The van der Waals surface area contributed by atoms with E-state index in [4.69, 9.17) is 0 Å². The van der Waals surface area contributed by atoms with Crippen LogP contribution in [-0.2, 0) is 16.6 Å². The predicted octanol–water partition coefficient (Wildman–Crippen LogP) is 0.775. The molecule has 0 unspecified atom stereocenters. The summed E-state index contributed by atoms with van der Waals surface area (Å²) in [6, 6.07) is 2.01. The van der Waals surface area contributed by atoms with Crippen LogP contribution in [0.1, 0.15) is 31.4 Å². The van der Waals surface area contributed by atoms with Crippen LogP contribution in [-0.4, -0.2) is 52.1 Å². The smallest absolute Gasteiger partial charge is 0.233 e. The highest BCUT2D eigenvalue weighted by Crippen LogP contribution is 2.22. The van der Waals surface area contributed by atoms with Crippen LogP contribution in [0.5, 0.6) is 0 Å². The highest BCUT2D eigenvalue weighted by Gasteiger charge is 2.38. The van der Waals surface area contributed by atoms with E-state index in [1.807, 2.05) is 22.9 Å². The predicted molar refractivity (Wildman–Crippen MR) is 86.4 cm³/mol. The normalized spacial score (nSPS) is 21.0. The molecule has 2 aromatic heterocycles. The summed E-state index contributed by atoms with van der Waals surface area (Å²) in [5.41, 5.74) is 0.920. The Kier molecular flexibility index (Phi) is 3.82. The van der Waals surface area contributed by atoms with Gasteiger partial charge in [-0.2, -0.15) is 0 Å². The lowest BCUT2D eigenvalue weighted by atomic mass is 10.2. The van der Waals surface area contributed by atoms with E-state index in [1.54, 1.807) is 6.20 Å². The van der Waals surface area contributed by atoms with Crippen LogP contribution in [0.2, 0.25) is 0 Å². The molecule has 0 bridgehead atoms. The van der Waals surface area contributed by atoms with Crippen LogP contribution in [0.15, 0.2) is 24.7 Å². The van der Waals surface area contributed by atoms with Gasteiger partial charge in [0.05, 0.1) is 5.69 Å². The average molecular weight is 335 g/mol. The first-order valence-electron chi connectivity index (χ1n) is 8.12. The van der Waals surface area contributed by atoms with Crippen molar-refractivity contribution < 1.29 is 8.42 Å². The summed E-state index contributed by atoms with van der Waals surface area (Å²) < 4.78 is 29.4. The van der Waals surface area contributed by atoms with E-state index in [0.29, 0.717) is 25.4 Å². The number of rotatable bonds is 5. The zero-order valence-electron chi connectivity index (χ0n) is 12.9. The fourth-order valence-corrected chi connectivity index (χ4v) is 5.11. The summed E-state index contributed by atoms with van der Waals surface area (Å²) in [5, 5.41) is -0.293. The van der Waals surface area contributed by atoms with Crippen molar-refractivity contribution in [2.45, 2.75) is 43.5 Å². The summed E-state index contributed by atoms with van der Waals surface area (Å²) in [6.45, 7) is 1.81. The summed E-state index contributed by atoms with van der Waals surface area (Å²) in [4.78, 5) is 10.8. The first-order valence-corrected chi connectivity index (χ1v) is 9.67. The second-order valence-electron chi connectivity index (χ2n) is 6.52. The monoisotopic (exact) mass is 335 g/mol. The number of nitrogens with one attached hydrogen (secondary N) is 1. The fourth-order valence-electron chi connectivity index (χ4n) is 3.40. The standard InChI is InChI=1S/C15H21N5O2S/c21-23(22,18-12-4-1-2-5-12)14-10-19(11-14)8-13-9-20-7-3-6-16-15(20)17-13/h3,6-7,9,12,14,18H,1-2,4-5,8,10-11H2. The Bertz CT molecular complexity index is 758. The number of imidazole rings is 1. The van der Waals surface area contributed by atoms with Crippen molar-refractivity contribution in [2.75, 3.05) is 13.1 Å². The lowest BCUT2D eigenvalue weighted by molar-refractivity contribution is 0.173. The highest BCUT2D eigenvalue weighted by molar-refractivity contribution is 7.90. The molecule has 8 heteroatoms. The summed E-state index contributed by atoms with van der Waals surface area (Å²) in [7, 11) is -3.19. The van der Waals surface area contributed by atoms with Gasteiger partial charge in [-0.25, -0.2) is 23.1 Å². The molecule has 0 atom stereocenters. The van der Waals surface area contributed by atoms with Gasteiger partial charge in [0, 0.05) is 44.3 Å². The minimum atomic E-state index is -3.19. The maximum absolute atomic E-state index is 12.3. The van der Waals surface area contributed by atoms with Crippen LogP contribution >= 0.6 is 0 Å². The van der Waals surface area contributed by atoms with E-state index in [9.17, 15) is 8.42 Å². The van der Waals surface area contributed by atoms with Gasteiger partial charge >= 0.3 is 0 Å². The number of hydrogen-bond donors (Lipinski definition) is 1. The Balaban J connectivity index is 1.33. The van der Waals surface area contributed by atoms with Gasteiger partial charge in [0.15, 0.2) is 0 Å². The van der Waals surface area contributed by atoms with E-state index in [0.717, 1.165) is 31.4 Å². The first kappa shape index (κ1) is 15.0. The fraction of sp³-hybridized carbons (Fsp3) is 0.600. The molecule has 2 aromatic rings. The highest BCUT2D eigenvalue weighted by atomic mass is 32.2. The number of fused-ring (bicyclic) bond motifs is 1. The molecule has 0 amide bonds. The van der Waals surface area contributed by atoms with Gasteiger partial charge in [0.25, 0.3) is 0 Å². The van der Waals surface area contributed by atoms with Crippen LogP contribution < -0.4 is 4.72 Å². The Labute approximate surface area is 135 Å². The van der Waals surface area contributed by atoms with Gasteiger partial charge in [-0.1, -0.05) is 12.8 Å². The molecule has 124 valence electrons. The van der Waals surface area contributed by atoms with Crippen molar-refractivity contribution >= 4 is 15.8 Å². The van der Waals surface area contributed by atoms with Crippen molar-refractivity contribution in [3.8, 4) is 0 Å². The third kappa shape index (κ3) is 3.11. The van der Waals surface area contributed by atoms with Crippen molar-refractivity contribution in [2.24, 2.45) is 0 Å². The second-order valence-corrected chi connectivity index (χ2v) is 8.51. The van der Waals surface area contributed by atoms with Crippen molar-refractivity contribution in [1.82, 2.24) is 24.0 Å². The van der Waals surface area contributed by atoms with Gasteiger partial charge < -0.3 is 0 Å². The molecule has 4 rings (SSSR count). The summed E-state index contributed by atoms with van der Waals surface area (Å²) >= 11 is 0. The van der Waals surface area contributed by atoms with Crippen molar-refractivity contribution in [3.63, 3.8) is 0 Å².